The van der Waals surface area contributed by atoms with Gasteiger partial charge in [-0.1, -0.05) is 29.8 Å². The second-order valence-corrected chi connectivity index (χ2v) is 10.1. The van der Waals surface area contributed by atoms with Crippen molar-refractivity contribution in [3.8, 4) is 6.07 Å². The fourth-order valence-corrected chi connectivity index (χ4v) is 6.85. The lowest BCUT2D eigenvalue weighted by molar-refractivity contribution is -0.0674. The molecule has 6 nitrogen and oxygen atoms in total. The predicted molar refractivity (Wildman–Crippen MR) is 123 cm³/mol. The summed E-state index contributed by atoms with van der Waals surface area (Å²) in [5, 5.41) is 20.7. The van der Waals surface area contributed by atoms with E-state index in [-0.39, 0.29) is 0 Å². The first-order valence-corrected chi connectivity index (χ1v) is 11.6. The molecule has 162 valence electrons. The zero-order chi connectivity index (χ0) is 21.4. The average molecular weight is 437 g/mol. The lowest BCUT2D eigenvalue weighted by atomic mass is 9.48. The first-order valence-electron chi connectivity index (χ1n) is 11.2. The van der Waals surface area contributed by atoms with E-state index in [9.17, 15) is 5.26 Å². The van der Waals surface area contributed by atoms with Crippen LogP contribution in [0, 0.1) is 34.5 Å². The number of rotatable bonds is 7. The molecule has 1 heterocycles. The van der Waals surface area contributed by atoms with E-state index < -0.39 is 0 Å². The lowest BCUT2D eigenvalue weighted by Crippen LogP contribution is -2.59. The molecule has 7 heteroatoms. The van der Waals surface area contributed by atoms with Gasteiger partial charge in [0.1, 0.15) is 17.5 Å². The summed E-state index contributed by atoms with van der Waals surface area (Å²) in [4.78, 5) is 8.94. The highest BCUT2D eigenvalue weighted by molar-refractivity contribution is 6.31. The van der Waals surface area contributed by atoms with Crippen molar-refractivity contribution < 1.29 is 0 Å². The average Bonchev–Trinajstić information content (AvgIpc) is 2.77. The van der Waals surface area contributed by atoms with Gasteiger partial charge < -0.3 is 16.0 Å². The molecular formula is C24H29ClN6. The first kappa shape index (κ1) is 20.5. The van der Waals surface area contributed by atoms with E-state index in [1.807, 2.05) is 24.3 Å². The van der Waals surface area contributed by atoms with E-state index in [1.165, 1.54) is 32.1 Å². The van der Waals surface area contributed by atoms with Gasteiger partial charge >= 0.3 is 0 Å². The number of aromatic nitrogens is 2. The van der Waals surface area contributed by atoms with Crippen LogP contribution in [0.4, 0.5) is 11.8 Å². The molecule has 4 saturated carbocycles. The van der Waals surface area contributed by atoms with Gasteiger partial charge in [-0.2, -0.15) is 10.2 Å². The van der Waals surface area contributed by atoms with Crippen LogP contribution in [0.1, 0.15) is 43.2 Å². The summed E-state index contributed by atoms with van der Waals surface area (Å²) >= 11 is 6.25. The highest BCUT2D eigenvalue weighted by Gasteiger charge is 2.54. The third-order valence-corrected chi connectivity index (χ3v) is 8.04. The Balaban J connectivity index is 1.29. The number of halogens is 1. The van der Waals surface area contributed by atoms with E-state index in [2.05, 4.69) is 39.0 Å². The smallest absolute Gasteiger partial charge is 0.224 e. The van der Waals surface area contributed by atoms with Crippen molar-refractivity contribution in [2.45, 2.75) is 44.7 Å². The van der Waals surface area contributed by atoms with Crippen LogP contribution in [0.15, 0.2) is 30.5 Å². The molecule has 3 N–H and O–H groups in total. The molecule has 2 aromatic rings. The highest BCUT2D eigenvalue weighted by atomic mass is 35.5. The molecule has 3 unspecified atom stereocenters. The number of benzene rings is 1. The van der Waals surface area contributed by atoms with E-state index in [0.717, 1.165) is 29.9 Å². The Morgan fingerprint density at radius 2 is 1.94 bits per heavy atom. The van der Waals surface area contributed by atoms with Crippen LogP contribution in [0.2, 0.25) is 5.02 Å². The summed E-state index contributed by atoms with van der Waals surface area (Å²) in [5.74, 6) is 3.55. The number of nitrogens with one attached hydrogen (secondary N) is 3. The number of nitriles is 1. The molecule has 0 radical (unpaired) electrons. The minimum Gasteiger partial charge on any atom is -0.368 e. The normalized spacial score (nSPS) is 30.7. The molecule has 4 fully saturated rings. The quantitative estimate of drug-likeness (QED) is 0.594. The van der Waals surface area contributed by atoms with Crippen LogP contribution in [-0.2, 0) is 6.54 Å². The van der Waals surface area contributed by atoms with Gasteiger partial charge in [0.25, 0.3) is 0 Å². The van der Waals surface area contributed by atoms with Gasteiger partial charge in [-0.15, -0.1) is 0 Å². The first-order chi connectivity index (χ1) is 15.1. The Kier molecular flexibility index (Phi) is 5.49. The Morgan fingerprint density at radius 3 is 2.65 bits per heavy atom. The minimum absolute atomic E-state index is 0.326. The Bertz CT molecular complexity index is 986. The van der Waals surface area contributed by atoms with Gasteiger partial charge in [0.05, 0.1) is 6.20 Å². The summed E-state index contributed by atoms with van der Waals surface area (Å²) in [6.07, 6.45) is 8.18. The predicted octanol–water partition coefficient (Wildman–Crippen LogP) is 4.44. The monoisotopic (exact) mass is 436 g/mol. The molecule has 1 aromatic heterocycles. The summed E-state index contributed by atoms with van der Waals surface area (Å²) < 4.78 is 0. The summed E-state index contributed by atoms with van der Waals surface area (Å²) in [6.45, 7) is 1.41. The number of hydrogen-bond donors (Lipinski definition) is 3. The zero-order valence-electron chi connectivity index (χ0n) is 17.9. The largest absolute Gasteiger partial charge is 0.368 e. The summed E-state index contributed by atoms with van der Waals surface area (Å²) in [6, 6.07) is 10.6. The second kappa shape index (κ2) is 8.29. The Morgan fingerprint density at radius 1 is 1.16 bits per heavy atom. The van der Waals surface area contributed by atoms with Gasteiger partial charge in [-0.05, 0) is 74.0 Å². The molecule has 4 aliphatic carbocycles. The fraction of sp³-hybridized carbons (Fsp3) is 0.542. The Labute approximate surface area is 188 Å². The van der Waals surface area contributed by atoms with Crippen molar-refractivity contribution in [3.05, 3.63) is 46.6 Å². The molecule has 0 aliphatic heterocycles. The highest BCUT2D eigenvalue weighted by Crippen LogP contribution is 2.59. The van der Waals surface area contributed by atoms with Crippen LogP contribution in [0.5, 0.6) is 0 Å². The maximum Gasteiger partial charge on any atom is 0.224 e. The van der Waals surface area contributed by atoms with Crippen molar-refractivity contribution in [3.63, 3.8) is 0 Å². The van der Waals surface area contributed by atoms with Crippen molar-refractivity contribution in [1.29, 1.82) is 5.26 Å². The third kappa shape index (κ3) is 3.97. The molecule has 0 spiro atoms. The number of hydrogen-bond acceptors (Lipinski definition) is 6. The Hall–Kier alpha value is -2.36. The fourth-order valence-electron chi connectivity index (χ4n) is 6.65. The second-order valence-electron chi connectivity index (χ2n) is 9.65. The van der Waals surface area contributed by atoms with Crippen LogP contribution >= 0.6 is 11.6 Å². The van der Waals surface area contributed by atoms with Crippen molar-refractivity contribution >= 4 is 23.4 Å². The van der Waals surface area contributed by atoms with E-state index in [1.54, 1.807) is 6.20 Å². The molecular weight excluding hydrogens is 408 g/mol. The summed E-state index contributed by atoms with van der Waals surface area (Å²) in [7, 11) is 2.12. The number of anilines is 2. The van der Waals surface area contributed by atoms with E-state index in [0.29, 0.717) is 40.4 Å². The van der Waals surface area contributed by atoms with Crippen LogP contribution in [-0.4, -0.2) is 29.6 Å². The standard InChI is InChI=1S/C24H29ClN6/c1-27-21-17-6-15-7-18(21)10-24(8-15,9-17)14-30-22-19(11-26)13-29-23(31-22)28-12-16-4-2-3-5-20(16)25/h2-5,13,15,17-18,21,27H,6-10,12,14H2,1H3,(H2,28,29,30,31)/t15?,17-,18+,21?,24?. The van der Waals surface area contributed by atoms with Gasteiger partial charge in [0.15, 0.2) is 0 Å². The van der Waals surface area contributed by atoms with Crippen LogP contribution in [0.3, 0.4) is 0 Å². The zero-order valence-corrected chi connectivity index (χ0v) is 18.6. The lowest BCUT2D eigenvalue weighted by Gasteiger charge is -2.60. The SMILES string of the molecule is CNC1[C@@H]2CC3C[C@H]1CC(CNc1nc(NCc4ccccc4Cl)ncc1C#N)(C3)C2. The maximum atomic E-state index is 9.56. The van der Waals surface area contributed by atoms with Crippen molar-refractivity contribution in [2.24, 2.45) is 23.2 Å². The third-order valence-electron chi connectivity index (χ3n) is 7.67. The van der Waals surface area contributed by atoms with Gasteiger partial charge in [0, 0.05) is 24.2 Å². The number of nitrogens with zero attached hydrogens (tertiary/aromatic N) is 3. The summed E-state index contributed by atoms with van der Waals surface area (Å²) in [5.41, 5.74) is 1.80. The molecule has 4 aliphatic rings. The van der Waals surface area contributed by atoms with E-state index in [4.69, 9.17) is 11.6 Å². The molecule has 6 rings (SSSR count). The van der Waals surface area contributed by atoms with Crippen molar-refractivity contribution in [2.75, 3.05) is 24.2 Å². The van der Waals surface area contributed by atoms with Gasteiger partial charge in [-0.25, -0.2) is 4.98 Å². The molecule has 5 atom stereocenters. The molecule has 4 bridgehead atoms. The topological polar surface area (TPSA) is 85.7 Å². The van der Waals surface area contributed by atoms with Crippen molar-refractivity contribution in [1.82, 2.24) is 15.3 Å². The van der Waals surface area contributed by atoms with Crippen LogP contribution < -0.4 is 16.0 Å². The molecule has 0 amide bonds. The van der Waals surface area contributed by atoms with Gasteiger partial charge in [-0.3, -0.25) is 0 Å². The van der Waals surface area contributed by atoms with Crippen LogP contribution in [0.25, 0.3) is 0 Å². The maximum absolute atomic E-state index is 9.56. The minimum atomic E-state index is 0.326. The van der Waals surface area contributed by atoms with E-state index >= 15 is 0 Å². The molecule has 1 aromatic carbocycles. The molecule has 0 saturated heterocycles. The molecule has 31 heavy (non-hydrogen) atoms. The van der Waals surface area contributed by atoms with Gasteiger partial charge in [0.2, 0.25) is 5.95 Å².